The Morgan fingerprint density at radius 3 is 2.61 bits per heavy atom. The van der Waals surface area contributed by atoms with Crippen molar-refractivity contribution in [1.29, 1.82) is 0 Å². The summed E-state index contributed by atoms with van der Waals surface area (Å²) in [5.74, 6) is 0.0934. The first-order chi connectivity index (χ1) is 13.3. The molecule has 6 nitrogen and oxygen atoms in total. The van der Waals surface area contributed by atoms with Gasteiger partial charge in [-0.05, 0) is 56.7 Å². The van der Waals surface area contributed by atoms with Crippen LogP contribution in [-0.2, 0) is 16.9 Å². The molecule has 2 aromatic carbocycles. The lowest BCUT2D eigenvalue weighted by Crippen LogP contribution is -2.40. The molecule has 1 N–H and O–H groups in total. The second-order valence-corrected chi connectivity index (χ2v) is 7.68. The summed E-state index contributed by atoms with van der Waals surface area (Å²) in [4.78, 5) is 38.7. The smallest absolute Gasteiger partial charge is 0.325 e. The van der Waals surface area contributed by atoms with Gasteiger partial charge >= 0.3 is 6.03 Å². The average molecular weight is 445 g/mol. The number of benzene rings is 2. The van der Waals surface area contributed by atoms with E-state index >= 15 is 0 Å². The van der Waals surface area contributed by atoms with Crippen LogP contribution in [0.25, 0.3) is 0 Å². The minimum Gasteiger partial charge on any atom is -0.494 e. The molecule has 3 rings (SSSR count). The van der Waals surface area contributed by atoms with E-state index in [0.29, 0.717) is 29.0 Å². The molecule has 0 bridgehead atoms. The van der Waals surface area contributed by atoms with Crippen molar-refractivity contribution in [1.82, 2.24) is 10.2 Å². The molecule has 1 unspecified atom stereocenters. The Kier molecular flexibility index (Phi) is 5.56. The minimum absolute atomic E-state index is 0.0186. The van der Waals surface area contributed by atoms with Gasteiger partial charge in [-0.3, -0.25) is 14.5 Å². The van der Waals surface area contributed by atoms with Crippen LogP contribution in [0.5, 0.6) is 5.75 Å². The lowest BCUT2D eigenvalue weighted by atomic mass is 9.92. The molecule has 1 aliphatic rings. The van der Waals surface area contributed by atoms with Gasteiger partial charge in [0.25, 0.3) is 5.91 Å². The van der Waals surface area contributed by atoms with Gasteiger partial charge in [-0.2, -0.15) is 0 Å². The number of carbonyl (C=O) groups is 3. The van der Waals surface area contributed by atoms with E-state index in [1.165, 1.54) is 6.92 Å². The van der Waals surface area contributed by atoms with Crippen LogP contribution in [0.2, 0.25) is 0 Å². The molecule has 3 amide bonds. The molecular formula is C21H21BrN2O4. The summed E-state index contributed by atoms with van der Waals surface area (Å²) in [5.41, 5.74) is 0.632. The van der Waals surface area contributed by atoms with Crippen LogP contribution < -0.4 is 10.1 Å². The topological polar surface area (TPSA) is 75.7 Å². The maximum atomic E-state index is 13.2. The highest BCUT2D eigenvalue weighted by atomic mass is 79.9. The summed E-state index contributed by atoms with van der Waals surface area (Å²) >= 11 is 3.40. The van der Waals surface area contributed by atoms with Gasteiger partial charge in [-0.1, -0.05) is 28.1 Å². The zero-order chi connectivity index (χ0) is 20.5. The highest BCUT2D eigenvalue weighted by Crippen LogP contribution is 2.32. The van der Waals surface area contributed by atoms with Crippen molar-refractivity contribution in [3.8, 4) is 5.75 Å². The fourth-order valence-corrected chi connectivity index (χ4v) is 3.62. The lowest BCUT2D eigenvalue weighted by molar-refractivity contribution is -0.131. The van der Waals surface area contributed by atoms with Crippen LogP contribution in [0, 0.1) is 0 Å². The van der Waals surface area contributed by atoms with Crippen molar-refractivity contribution in [2.45, 2.75) is 32.9 Å². The van der Waals surface area contributed by atoms with Crippen LogP contribution in [-0.4, -0.2) is 29.2 Å². The molecule has 7 heteroatoms. The van der Waals surface area contributed by atoms with Crippen molar-refractivity contribution in [2.24, 2.45) is 0 Å². The standard InChI is InChI=1S/C21H21BrN2O4/c1-4-28-18-9-8-14(13(2)25)10-15(18)12-24-19(26)21(3,23-20(24)27)16-6-5-7-17(22)11-16/h5-11H,4,12H2,1-3H3,(H,23,27). The van der Waals surface area contributed by atoms with Gasteiger partial charge in [0.05, 0.1) is 13.2 Å². The van der Waals surface area contributed by atoms with Crippen LogP contribution in [0.3, 0.4) is 0 Å². The number of ether oxygens (including phenoxy) is 1. The summed E-state index contributed by atoms with van der Waals surface area (Å²) < 4.78 is 6.44. The first-order valence-electron chi connectivity index (χ1n) is 8.93. The fraction of sp³-hybridized carbons (Fsp3) is 0.286. The fourth-order valence-electron chi connectivity index (χ4n) is 3.22. The molecule has 1 atom stereocenters. The summed E-state index contributed by atoms with van der Waals surface area (Å²) in [6.45, 7) is 5.45. The number of nitrogens with zero attached hydrogens (tertiary/aromatic N) is 1. The predicted octanol–water partition coefficient (Wildman–Crippen LogP) is 4.02. The van der Waals surface area contributed by atoms with Gasteiger partial charge in [-0.25, -0.2) is 4.79 Å². The normalized spacial score (nSPS) is 18.9. The Hall–Kier alpha value is -2.67. The zero-order valence-electron chi connectivity index (χ0n) is 15.9. The number of rotatable bonds is 6. The van der Waals surface area contributed by atoms with E-state index in [1.54, 1.807) is 31.2 Å². The molecule has 0 aliphatic carbocycles. The Labute approximate surface area is 172 Å². The van der Waals surface area contributed by atoms with Crippen molar-refractivity contribution >= 4 is 33.7 Å². The SMILES string of the molecule is CCOc1ccc(C(C)=O)cc1CN1C(=O)NC(C)(c2cccc(Br)c2)C1=O. The van der Waals surface area contributed by atoms with E-state index in [9.17, 15) is 14.4 Å². The summed E-state index contributed by atoms with van der Waals surface area (Å²) in [7, 11) is 0. The molecule has 1 heterocycles. The molecule has 1 saturated heterocycles. The van der Waals surface area contributed by atoms with Gasteiger partial charge in [0.15, 0.2) is 5.78 Å². The molecule has 28 heavy (non-hydrogen) atoms. The number of urea groups is 1. The van der Waals surface area contributed by atoms with Gasteiger partial charge in [0, 0.05) is 15.6 Å². The van der Waals surface area contributed by atoms with Crippen LogP contribution in [0.4, 0.5) is 4.79 Å². The van der Waals surface area contributed by atoms with Crippen LogP contribution in [0.15, 0.2) is 46.9 Å². The first kappa shape index (κ1) is 20.1. The number of carbonyl (C=O) groups excluding carboxylic acids is 3. The Morgan fingerprint density at radius 1 is 1.21 bits per heavy atom. The van der Waals surface area contributed by atoms with E-state index in [1.807, 2.05) is 25.1 Å². The molecule has 1 aliphatic heterocycles. The molecule has 2 aromatic rings. The largest absolute Gasteiger partial charge is 0.494 e. The number of hydrogen-bond donors (Lipinski definition) is 1. The number of amides is 3. The van der Waals surface area contributed by atoms with Gasteiger partial charge in [0.2, 0.25) is 0 Å². The first-order valence-corrected chi connectivity index (χ1v) is 9.72. The van der Waals surface area contributed by atoms with E-state index in [2.05, 4.69) is 21.2 Å². The van der Waals surface area contributed by atoms with Crippen molar-refractivity contribution in [2.75, 3.05) is 6.61 Å². The molecule has 1 fully saturated rings. The van der Waals surface area contributed by atoms with Crippen molar-refractivity contribution in [3.05, 3.63) is 63.6 Å². The summed E-state index contributed by atoms with van der Waals surface area (Å²) in [6, 6.07) is 11.8. The van der Waals surface area contributed by atoms with Gasteiger partial charge < -0.3 is 10.1 Å². The van der Waals surface area contributed by atoms with E-state index in [4.69, 9.17) is 4.74 Å². The number of halogens is 1. The van der Waals surface area contributed by atoms with E-state index in [-0.39, 0.29) is 18.2 Å². The molecule has 0 saturated carbocycles. The third kappa shape index (κ3) is 3.67. The number of ketones is 1. The van der Waals surface area contributed by atoms with Crippen molar-refractivity contribution < 1.29 is 19.1 Å². The molecule has 0 aromatic heterocycles. The number of Topliss-reactive ketones (excluding diaryl/α,β-unsaturated/α-hetero) is 1. The monoisotopic (exact) mass is 444 g/mol. The van der Waals surface area contributed by atoms with Gasteiger partial charge in [-0.15, -0.1) is 0 Å². The minimum atomic E-state index is -1.16. The van der Waals surface area contributed by atoms with Crippen LogP contribution in [0.1, 0.15) is 42.3 Å². The van der Waals surface area contributed by atoms with Crippen molar-refractivity contribution in [3.63, 3.8) is 0 Å². The average Bonchev–Trinajstić information content (AvgIpc) is 2.87. The zero-order valence-corrected chi connectivity index (χ0v) is 17.5. The molecule has 0 radical (unpaired) electrons. The molecular weight excluding hydrogens is 424 g/mol. The Morgan fingerprint density at radius 2 is 1.96 bits per heavy atom. The third-order valence-electron chi connectivity index (χ3n) is 4.77. The van der Waals surface area contributed by atoms with E-state index < -0.39 is 11.6 Å². The second kappa shape index (κ2) is 7.75. The lowest BCUT2D eigenvalue weighted by Gasteiger charge is -2.23. The van der Waals surface area contributed by atoms with Gasteiger partial charge in [0.1, 0.15) is 11.3 Å². The number of imide groups is 1. The molecule has 0 spiro atoms. The second-order valence-electron chi connectivity index (χ2n) is 6.77. The maximum Gasteiger partial charge on any atom is 0.325 e. The third-order valence-corrected chi connectivity index (χ3v) is 5.27. The Balaban J connectivity index is 1.95. The highest BCUT2D eigenvalue weighted by molar-refractivity contribution is 9.10. The number of hydrogen-bond acceptors (Lipinski definition) is 4. The predicted molar refractivity (Wildman–Crippen MR) is 108 cm³/mol. The van der Waals surface area contributed by atoms with Crippen LogP contribution >= 0.6 is 15.9 Å². The summed E-state index contributed by atoms with van der Waals surface area (Å²) in [6.07, 6.45) is 0. The maximum absolute atomic E-state index is 13.2. The highest BCUT2D eigenvalue weighted by Gasteiger charge is 2.49. The Bertz CT molecular complexity index is 959. The van der Waals surface area contributed by atoms with E-state index in [0.717, 1.165) is 9.37 Å². The number of nitrogens with one attached hydrogen (secondary N) is 1. The summed E-state index contributed by atoms with van der Waals surface area (Å²) in [5, 5.41) is 2.79. The quantitative estimate of drug-likeness (QED) is 0.539. The molecule has 146 valence electrons.